The van der Waals surface area contributed by atoms with Gasteiger partial charge in [-0.05, 0) is 35.7 Å². The molecule has 1 heterocycles. The summed E-state index contributed by atoms with van der Waals surface area (Å²) in [6.45, 7) is 0.840. The molecule has 0 fully saturated rings. The second-order valence-corrected chi connectivity index (χ2v) is 6.82. The number of nitrogens with two attached hydrogens (primary N) is 1. The number of sulfonamides is 1. The van der Waals surface area contributed by atoms with Crippen molar-refractivity contribution in [2.75, 3.05) is 12.3 Å². The largest absolute Gasteiger partial charge is 0.398 e. The van der Waals surface area contributed by atoms with Gasteiger partial charge in [0.2, 0.25) is 10.0 Å². The second kappa shape index (κ2) is 4.92. The molecule has 2 N–H and O–H groups in total. The molecule has 4 nitrogen and oxygen atoms in total. The summed E-state index contributed by atoms with van der Waals surface area (Å²) < 4.78 is 26.7. The number of anilines is 1. The van der Waals surface area contributed by atoms with Gasteiger partial charge in [0, 0.05) is 18.8 Å². The lowest BCUT2D eigenvalue weighted by Gasteiger charge is -2.28. The monoisotopic (exact) mass is 288 g/mol. The van der Waals surface area contributed by atoms with E-state index in [-0.39, 0.29) is 0 Å². The van der Waals surface area contributed by atoms with Crippen molar-refractivity contribution >= 4 is 15.7 Å². The fraction of sp³-hybridized carbons (Fsp3) is 0.200. The summed E-state index contributed by atoms with van der Waals surface area (Å²) in [6, 6.07) is 14.3. The Bertz CT molecular complexity index is 727. The number of nitrogen functional groups attached to an aromatic ring is 1. The highest BCUT2D eigenvalue weighted by atomic mass is 32.2. The Kier molecular flexibility index (Phi) is 3.23. The molecule has 0 unspecified atom stereocenters. The van der Waals surface area contributed by atoms with E-state index in [0.29, 0.717) is 30.1 Å². The molecule has 0 radical (unpaired) electrons. The average Bonchev–Trinajstić information content (AvgIpc) is 2.48. The molecule has 5 heteroatoms. The first-order chi connectivity index (χ1) is 9.59. The van der Waals surface area contributed by atoms with E-state index in [2.05, 4.69) is 0 Å². The molecule has 0 atom stereocenters. The van der Waals surface area contributed by atoms with Crippen molar-refractivity contribution in [1.29, 1.82) is 0 Å². The summed E-state index contributed by atoms with van der Waals surface area (Å²) >= 11 is 0. The van der Waals surface area contributed by atoms with Gasteiger partial charge in [-0.15, -0.1) is 0 Å². The first kappa shape index (κ1) is 13.1. The zero-order valence-electron chi connectivity index (χ0n) is 11.0. The van der Waals surface area contributed by atoms with Crippen LogP contribution in [0.2, 0.25) is 0 Å². The Labute approximate surface area is 118 Å². The predicted molar refractivity (Wildman–Crippen MR) is 78.6 cm³/mol. The third-order valence-electron chi connectivity index (χ3n) is 3.66. The van der Waals surface area contributed by atoms with Gasteiger partial charge >= 0.3 is 0 Å². The minimum absolute atomic E-state index is 0.331. The van der Waals surface area contributed by atoms with Crippen molar-refractivity contribution in [3.63, 3.8) is 0 Å². The van der Waals surface area contributed by atoms with Crippen LogP contribution in [0, 0.1) is 0 Å². The first-order valence-corrected chi connectivity index (χ1v) is 7.94. The topological polar surface area (TPSA) is 63.4 Å². The maximum Gasteiger partial charge on any atom is 0.243 e. The standard InChI is InChI=1S/C15H16N2O2S/c16-15-8-4-5-12-9-10-17(11-14(12)15)20(18,19)13-6-2-1-3-7-13/h1-8H,9-11,16H2. The van der Waals surface area contributed by atoms with Gasteiger partial charge in [-0.1, -0.05) is 30.3 Å². The van der Waals surface area contributed by atoms with E-state index >= 15 is 0 Å². The van der Waals surface area contributed by atoms with E-state index in [1.165, 1.54) is 4.31 Å². The molecule has 0 saturated carbocycles. The number of nitrogens with zero attached hydrogens (tertiary/aromatic N) is 1. The Hall–Kier alpha value is -1.85. The molecule has 0 amide bonds. The third-order valence-corrected chi connectivity index (χ3v) is 5.51. The van der Waals surface area contributed by atoms with Gasteiger partial charge < -0.3 is 5.73 Å². The molecule has 2 aromatic carbocycles. The number of hydrogen-bond donors (Lipinski definition) is 1. The second-order valence-electron chi connectivity index (χ2n) is 4.89. The highest BCUT2D eigenvalue weighted by Crippen LogP contribution is 2.28. The zero-order chi connectivity index (χ0) is 14.2. The fourth-order valence-corrected chi connectivity index (χ4v) is 3.96. The van der Waals surface area contributed by atoms with Crippen molar-refractivity contribution in [2.24, 2.45) is 0 Å². The van der Waals surface area contributed by atoms with Gasteiger partial charge in [-0.3, -0.25) is 0 Å². The Morgan fingerprint density at radius 1 is 1.00 bits per heavy atom. The molecule has 0 bridgehead atoms. The van der Waals surface area contributed by atoms with Crippen molar-refractivity contribution in [3.8, 4) is 0 Å². The Balaban J connectivity index is 1.96. The fourth-order valence-electron chi connectivity index (χ4n) is 2.53. The van der Waals surface area contributed by atoms with Gasteiger partial charge in [0.1, 0.15) is 0 Å². The quantitative estimate of drug-likeness (QED) is 0.860. The van der Waals surface area contributed by atoms with Crippen molar-refractivity contribution in [1.82, 2.24) is 4.31 Å². The normalized spacial score (nSPS) is 15.8. The van der Waals surface area contributed by atoms with Crippen LogP contribution >= 0.6 is 0 Å². The highest BCUT2D eigenvalue weighted by molar-refractivity contribution is 7.89. The lowest BCUT2D eigenvalue weighted by Crippen LogP contribution is -2.36. The zero-order valence-corrected chi connectivity index (χ0v) is 11.8. The maximum atomic E-state index is 12.6. The minimum Gasteiger partial charge on any atom is -0.398 e. The molecular formula is C15H16N2O2S. The lowest BCUT2D eigenvalue weighted by molar-refractivity contribution is 0.392. The van der Waals surface area contributed by atoms with E-state index in [0.717, 1.165) is 11.1 Å². The third kappa shape index (κ3) is 2.19. The molecule has 20 heavy (non-hydrogen) atoms. The first-order valence-electron chi connectivity index (χ1n) is 6.50. The lowest BCUT2D eigenvalue weighted by atomic mass is 10.00. The van der Waals surface area contributed by atoms with Crippen molar-refractivity contribution in [3.05, 3.63) is 59.7 Å². The molecular weight excluding hydrogens is 272 g/mol. The molecule has 2 aromatic rings. The Morgan fingerprint density at radius 2 is 1.75 bits per heavy atom. The van der Waals surface area contributed by atoms with E-state index in [9.17, 15) is 8.42 Å². The van der Waals surface area contributed by atoms with Crippen LogP contribution in [-0.4, -0.2) is 19.3 Å². The van der Waals surface area contributed by atoms with E-state index < -0.39 is 10.0 Å². The van der Waals surface area contributed by atoms with E-state index in [4.69, 9.17) is 5.73 Å². The van der Waals surface area contributed by atoms with Crippen LogP contribution < -0.4 is 5.73 Å². The summed E-state index contributed by atoms with van der Waals surface area (Å²) in [5.74, 6) is 0. The molecule has 104 valence electrons. The van der Waals surface area contributed by atoms with Crippen LogP contribution in [0.4, 0.5) is 5.69 Å². The van der Waals surface area contributed by atoms with Gasteiger partial charge in [-0.25, -0.2) is 8.42 Å². The SMILES string of the molecule is Nc1cccc2c1CN(S(=O)(=O)c1ccccc1)CC2. The average molecular weight is 288 g/mol. The number of fused-ring (bicyclic) bond motifs is 1. The summed E-state index contributed by atoms with van der Waals surface area (Å²) in [5.41, 5.74) is 8.70. The summed E-state index contributed by atoms with van der Waals surface area (Å²) in [4.78, 5) is 0.331. The molecule has 0 aliphatic carbocycles. The molecule has 3 rings (SSSR count). The minimum atomic E-state index is -3.44. The van der Waals surface area contributed by atoms with Gasteiger partial charge in [-0.2, -0.15) is 4.31 Å². The van der Waals surface area contributed by atoms with Gasteiger partial charge in [0.15, 0.2) is 0 Å². The van der Waals surface area contributed by atoms with E-state index in [1.54, 1.807) is 24.3 Å². The van der Waals surface area contributed by atoms with Crippen LogP contribution in [0.15, 0.2) is 53.4 Å². The highest BCUT2D eigenvalue weighted by Gasteiger charge is 2.28. The molecule has 1 aliphatic rings. The molecule has 1 aliphatic heterocycles. The number of hydrogen-bond acceptors (Lipinski definition) is 3. The van der Waals surface area contributed by atoms with Gasteiger partial charge in [0.05, 0.1) is 4.90 Å². The van der Waals surface area contributed by atoms with Gasteiger partial charge in [0.25, 0.3) is 0 Å². The molecule has 0 aromatic heterocycles. The van der Waals surface area contributed by atoms with Crippen molar-refractivity contribution < 1.29 is 8.42 Å². The van der Waals surface area contributed by atoms with Crippen LogP contribution in [0.1, 0.15) is 11.1 Å². The molecule has 0 spiro atoms. The predicted octanol–water partition coefficient (Wildman–Crippen LogP) is 2.02. The van der Waals surface area contributed by atoms with Crippen LogP contribution in [0.3, 0.4) is 0 Å². The molecule has 0 saturated heterocycles. The van der Waals surface area contributed by atoms with E-state index in [1.807, 2.05) is 24.3 Å². The summed E-state index contributed by atoms with van der Waals surface area (Å²) in [7, 11) is -3.44. The van der Waals surface area contributed by atoms with Crippen LogP contribution in [0.5, 0.6) is 0 Å². The smallest absolute Gasteiger partial charge is 0.243 e. The van der Waals surface area contributed by atoms with Crippen LogP contribution in [-0.2, 0) is 23.0 Å². The summed E-state index contributed by atoms with van der Waals surface area (Å²) in [6.07, 6.45) is 0.701. The maximum absolute atomic E-state index is 12.6. The summed E-state index contributed by atoms with van der Waals surface area (Å²) in [5, 5.41) is 0. The van der Waals surface area contributed by atoms with Crippen molar-refractivity contribution in [2.45, 2.75) is 17.9 Å². The number of rotatable bonds is 2. The van der Waals surface area contributed by atoms with Crippen LogP contribution in [0.25, 0.3) is 0 Å². The Morgan fingerprint density at radius 3 is 2.50 bits per heavy atom. The number of benzene rings is 2.